The van der Waals surface area contributed by atoms with Crippen molar-refractivity contribution in [2.24, 2.45) is 0 Å². The number of carbonyl (C=O) groups excluding carboxylic acids is 2. The number of amides is 1. The first-order chi connectivity index (χ1) is 14.5. The van der Waals surface area contributed by atoms with Crippen LogP contribution in [0.1, 0.15) is 42.4 Å². The minimum atomic E-state index is -0.396. The van der Waals surface area contributed by atoms with Crippen LogP contribution in [0.15, 0.2) is 54.7 Å². The first-order valence-electron chi connectivity index (χ1n) is 10.1. The molecule has 0 radical (unpaired) electrons. The van der Waals surface area contributed by atoms with Crippen LogP contribution in [0.25, 0.3) is 21.8 Å². The van der Waals surface area contributed by atoms with E-state index >= 15 is 0 Å². The highest BCUT2D eigenvalue weighted by Crippen LogP contribution is 2.27. The summed E-state index contributed by atoms with van der Waals surface area (Å²) < 4.78 is 7.18. The number of ether oxygens (including phenoxy) is 1. The van der Waals surface area contributed by atoms with Crippen molar-refractivity contribution in [3.8, 4) is 5.75 Å². The molecule has 30 heavy (non-hydrogen) atoms. The van der Waals surface area contributed by atoms with E-state index in [0.717, 1.165) is 33.2 Å². The fourth-order valence-electron chi connectivity index (χ4n) is 3.94. The van der Waals surface area contributed by atoms with Gasteiger partial charge in [-0.05, 0) is 43.7 Å². The monoisotopic (exact) mass is 403 g/mol. The van der Waals surface area contributed by atoms with E-state index in [0.29, 0.717) is 18.5 Å². The summed E-state index contributed by atoms with van der Waals surface area (Å²) in [4.78, 5) is 28.4. The summed E-state index contributed by atoms with van der Waals surface area (Å²) in [6.45, 7) is 3.92. The van der Waals surface area contributed by atoms with E-state index in [9.17, 15) is 9.59 Å². The number of hydrogen-bond acceptors (Lipinski definition) is 3. The average molecular weight is 403 g/mol. The van der Waals surface area contributed by atoms with Crippen molar-refractivity contribution >= 4 is 33.5 Å². The number of ketones is 1. The van der Waals surface area contributed by atoms with Gasteiger partial charge in [-0.25, -0.2) is 0 Å². The first kappa shape index (κ1) is 19.8. The van der Waals surface area contributed by atoms with E-state index < -0.39 is 6.04 Å². The van der Waals surface area contributed by atoms with Crippen molar-refractivity contribution in [1.82, 2.24) is 14.9 Å². The number of hydrogen-bond donors (Lipinski definition) is 2. The molecule has 0 bridgehead atoms. The lowest BCUT2D eigenvalue weighted by Gasteiger charge is -2.18. The molecule has 0 fully saturated rings. The van der Waals surface area contributed by atoms with E-state index in [1.807, 2.05) is 60.0 Å². The lowest BCUT2D eigenvalue weighted by atomic mass is 10.1. The number of aromatic amines is 1. The van der Waals surface area contributed by atoms with E-state index in [1.165, 1.54) is 0 Å². The normalized spacial score (nSPS) is 12.2. The Morgan fingerprint density at radius 2 is 1.97 bits per heavy atom. The molecule has 6 nitrogen and oxygen atoms in total. The molecule has 2 N–H and O–H groups in total. The number of nitrogens with one attached hydrogen (secondary N) is 2. The van der Waals surface area contributed by atoms with Gasteiger partial charge in [-0.3, -0.25) is 9.59 Å². The lowest BCUT2D eigenvalue weighted by Crippen LogP contribution is -2.31. The van der Waals surface area contributed by atoms with Crippen LogP contribution < -0.4 is 10.1 Å². The Bertz CT molecular complexity index is 1240. The number of nitrogens with zero attached hydrogens (tertiary/aromatic N) is 1. The first-order valence-corrected chi connectivity index (χ1v) is 10.1. The maximum atomic E-state index is 13.0. The second-order valence-electron chi connectivity index (χ2n) is 7.41. The van der Waals surface area contributed by atoms with Gasteiger partial charge in [-0.2, -0.15) is 0 Å². The predicted octanol–water partition coefficient (Wildman–Crippen LogP) is 4.60. The van der Waals surface area contributed by atoms with Crippen molar-refractivity contribution < 1.29 is 14.3 Å². The molecule has 0 aliphatic rings. The fraction of sp³-hybridized carbons (Fsp3) is 0.250. The Balaban J connectivity index is 1.57. The third-order valence-electron chi connectivity index (χ3n) is 5.48. The smallest absolute Gasteiger partial charge is 0.243 e. The van der Waals surface area contributed by atoms with E-state index in [-0.39, 0.29) is 11.7 Å². The molecular formula is C24H25N3O3. The van der Waals surface area contributed by atoms with Crippen molar-refractivity contribution in [2.45, 2.75) is 32.9 Å². The molecule has 1 amide bonds. The maximum absolute atomic E-state index is 13.0. The Morgan fingerprint density at radius 3 is 2.70 bits per heavy atom. The molecule has 0 aliphatic carbocycles. The molecule has 0 saturated heterocycles. The molecule has 2 heterocycles. The van der Waals surface area contributed by atoms with Crippen molar-refractivity contribution in [3.05, 3.63) is 66.0 Å². The summed E-state index contributed by atoms with van der Waals surface area (Å²) in [5.41, 5.74) is 3.45. The number of rotatable bonds is 7. The molecule has 154 valence electrons. The van der Waals surface area contributed by atoms with Gasteiger partial charge in [0, 0.05) is 39.3 Å². The highest BCUT2D eigenvalue weighted by Gasteiger charge is 2.22. The highest BCUT2D eigenvalue weighted by molar-refractivity contribution is 6.07. The maximum Gasteiger partial charge on any atom is 0.243 e. The fourth-order valence-corrected chi connectivity index (χ4v) is 3.94. The van der Waals surface area contributed by atoms with Crippen molar-refractivity contribution in [2.75, 3.05) is 7.11 Å². The van der Waals surface area contributed by atoms with Gasteiger partial charge in [0.25, 0.3) is 0 Å². The molecule has 0 aliphatic heterocycles. The Hall–Kier alpha value is -3.54. The summed E-state index contributed by atoms with van der Waals surface area (Å²) in [6, 6.07) is 15.1. The molecule has 0 spiro atoms. The van der Waals surface area contributed by atoms with Crippen LogP contribution in [0, 0.1) is 0 Å². The Labute approximate surface area is 174 Å². The minimum Gasteiger partial charge on any atom is -0.497 e. The minimum absolute atomic E-state index is 0.00582. The zero-order valence-corrected chi connectivity index (χ0v) is 17.4. The van der Waals surface area contributed by atoms with Gasteiger partial charge in [-0.1, -0.05) is 25.1 Å². The SMILES string of the molecule is CCC(C(=O)NCc1cc2cc(OC)ccc2[nH]1)n1cc(C(C)=O)c2ccccc21. The second-order valence-corrected chi connectivity index (χ2v) is 7.41. The summed E-state index contributed by atoms with van der Waals surface area (Å²) in [5, 5.41) is 4.95. The van der Waals surface area contributed by atoms with Gasteiger partial charge in [0.15, 0.2) is 5.78 Å². The third-order valence-corrected chi connectivity index (χ3v) is 5.48. The van der Waals surface area contributed by atoms with Crippen LogP contribution >= 0.6 is 0 Å². The van der Waals surface area contributed by atoms with Gasteiger partial charge in [-0.15, -0.1) is 0 Å². The summed E-state index contributed by atoms with van der Waals surface area (Å²) in [7, 11) is 1.64. The van der Waals surface area contributed by atoms with Gasteiger partial charge in [0.1, 0.15) is 11.8 Å². The molecule has 4 rings (SSSR count). The van der Waals surface area contributed by atoms with E-state index in [1.54, 1.807) is 20.2 Å². The third kappa shape index (κ3) is 3.56. The molecular weight excluding hydrogens is 378 g/mol. The Morgan fingerprint density at radius 1 is 1.17 bits per heavy atom. The largest absolute Gasteiger partial charge is 0.497 e. The predicted molar refractivity (Wildman–Crippen MR) is 118 cm³/mol. The number of Topliss-reactive ketones (excluding diaryl/α,β-unsaturated/α-hetero) is 1. The molecule has 6 heteroatoms. The van der Waals surface area contributed by atoms with Crippen LogP contribution in [-0.4, -0.2) is 28.4 Å². The average Bonchev–Trinajstić information content (AvgIpc) is 3.34. The molecule has 4 aromatic rings. The summed E-state index contributed by atoms with van der Waals surface area (Å²) >= 11 is 0. The second kappa shape index (κ2) is 8.06. The number of aromatic nitrogens is 2. The van der Waals surface area contributed by atoms with Crippen molar-refractivity contribution in [3.63, 3.8) is 0 Å². The number of H-pyrrole nitrogens is 1. The topological polar surface area (TPSA) is 76.1 Å². The zero-order valence-electron chi connectivity index (χ0n) is 17.4. The van der Waals surface area contributed by atoms with Gasteiger partial charge < -0.3 is 19.6 Å². The van der Waals surface area contributed by atoms with E-state index in [4.69, 9.17) is 4.74 Å². The van der Waals surface area contributed by atoms with Crippen LogP contribution in [-0.2, 0) is 11.3 Å². The number of para-hydroxylation sites is 1. The summed E-state index contributed by atoms with van der Waals surface area (Å²) in [6.07, 6.45) is 2.42. The lowest BCUT2D eigenvalue weighted by molar-refractivity contribution is -0.124. The summed E-state index contributed by atoms with van der Waals surface area (Å²) in [5.74, 6) is 0.710. The number of methoxy groups -OCH3 is 1. The van der Waals surface area contributed by atoms with Gasteiger partial charge in [0.05, 0.1) is 13.7 Å². The van der Waals surface area contributed by atoms with Crippen molar-refractivity contribution in [1.29, 1.82) is 0 Å². The van der Waals surface area contributed by atoms with Crippen LogP contribution in [0.2, 0.25) is 0 Å². The van der Waals surface area contributed by atoms with Gasteiger partial charge >= 0.3 is 0 Å². The Kier molecular flexibility index (Phi) is 5.31. The van der Waals surface area contributed by atoms with Gasteiger partial charge in [0.2, 0.25) is 5.91 Å². The number of carbonyl (C=O) groups is 2. The van der Waals surface area contributed by atoms with Crippen LogP contribution in [0.5, 0.6) is 5.75 Å². The molecule has 2 aromatic carbocycles. The van der Waals surface area contributed by atoms with E-state index in [2.05, 4.69) is 10.3 Å². The highest BCUT2D eigenvalue weighted by atomic mass is 16.5. The standard InChI is InChI=1S/C24H25N3O3/c1-4-22(27-14-20(15(2)28)19-7-5-6-8-23(19)27)24(29)25-13-17-11-16-12-18(30-3)9-10-21(16)26-17/h5-12,14,22,26H,4,13H2,1-3H3,(H,25,29). The number of fused-ring (bicyclic) bond motifs is 2. The zero-order chi connectivity index (χ0) is 21.3. The molecule has 2 aromatic heterocycles. The molecule has 1 unspecified atom stereocenters. The molecule has 1 atom stereocenters. The van der Waals surface area contributed by atoms with Crippen LogP contribution in [0.3, 0.4) is 0 Å². The molecule has 0 saturated carbocycles. The number of benzene rings is 2. The van der Waals surface area contributed by atoms with Crippen LogP contribution in [0.4, 0.5) is 0 Å². The quantitative estimate of drug-likeness (QED) is 0.443.